The van der Waals surface area contributed by atoms with E-state index in [4.69, 9.17) is 28.0 Å². The van der Waals surface area contributed by atoms with Crippen LogP contribution in [0.25, 0.3) is 0 Å². The maximum atomic E-state index is 13.7. The lowest BCUT2D eigenvalue weighted by atomic mass is 9.90. The number of benzene rings is 3. The number of hydroxylamine groups is 1. The van der Waals surface area contributed by atoms with Crippen molar-refractivity contribution in [2.75, 3.05) is 9.96 Å². The number of halogens is 2. The van der Waals surface area contributed by atoms with Crippen LogP contribution in [0, 0.1) is 19.8 Å². The van der Waals surface area contributed by atoms with E-state index in [9.17, 15) is 14.7 Å². The van der Waals surface area contributed by atoms with Gasteiger partial charge in [0.05, 0.1) is 22.4 Å². The van der Waals surface area contributed by atoms with E-state index in [1.165, 1.54) is 16.0 Å². The number of para-hydroxylation sites is 1. The highest BCUT2D eigenvalue weighted by Crippen LogP contribution is 2.51. The molecule has 3 atom stereocenters. The predicted molar refractivity (Wildman–Crippen MR) is 127 cm³/mol. The van der Waals surface area contributed by atoms with Crippen LogP contribution in [0.5, 0.6) is 5.75 Å². The van der Waals surface area contributed by atoms with Crippen molar-refractivity contribution in [3.05, 3.63) is 87.4 Å². The normalized spacial score (nSPS) is 22.2. The average molecular weight is 483 g/mol. The molecule has 5 rings (SSSR count). The Morgan fingerprint density at radius 1 is 0.939 bits per heavy atom. The Kier molecular flexibility index (Phi) is 5.32. The number of carbonyl (C=O) groups is 2. The van der Waals surface area contributed by atoms with Gasteiger partial charge in [0.25, 0.3) is 5.91 Å². The summed E-state index contributed by atoms with van der Waals surface area (Å²) in [6.07, 6.45) is -1.06. The van der Waals surface area contributed by atoms with E-state index in [1.807, 2.05) is 44.2 Å². The van der Waals surface area contributed by atoms with Gasteiger partial charge in [-0.05, 0) is 49.7 Å². The van der Waals surface area contributed by atoms with Gasteiger partial charge in [-0.2, -0.15) is 0 Å². The number of hydrogen-bond donors (Lipinski definition) is 1. The highest BCUT2D eigenvalue weighted by Gasteiger charge is 2.61. The van der Waals surface area contributed by atoms with E-state index in [0.29, 0.717) is 22.0 Å². The maximum absolute atomic E-state index is 13.7. The Hall–Kier alpha value is -3.06. The van der Waals surface area contributed by atoms with Gasteiger partial charge in [0.15, 0.2) is 6.10 Å². The first-order valence-corrected chi connectivity index (χ1v) is 11.2. The molecule has 2 aliphatic heterocycles. The van der Waals surface area contributed by atoms with Crippen LogP contribution in [0.3, 0.4) is 0 Å². The summed E-state index contributed by atoms with van der Waals surface area (Å²) in [5.74, 6) is -1.97. The van der Waals surface area contributed by atoms with Crippen LogP contribution in [-0.4, -0.2) is 23.0 Å². The zero-order chi connectivity index (χ0) is 23.4. The monoisotopic (exact) mass is 482 g/mol. The maximum Gasteiger partial charge on any atom is 0.266 e. The number of rotatable bonds is 3. The van der Waals surface area contributed by atoms with E-state index < -0.39 is 29.9 Å². The van der Waals surface area contributed by atoms with Gasteiger partial charge in [0.1, 0.15) is 11.7 Å². The minimum absolute atomic E-state index is 0.0527. The highest BCUT2D eigenvalue weighted by atomic mass is 35.5. The molecule has 2 fully saturated rings. The van der Waals surface area contributed by atoms with Crippen molar-refractivity contribution in [3.63, 3.8) is 0 Å². The van der Waals surface area contributed by atoms with Gasteiger partial charge in [0, 0.05) is 10.6 Å². The fourth-order valence-electron chi connectivity index (χ4n) is 4.63. The van der Waals surface area contributed by atoms with Crippen molar-refractivity contribution in [2.45, 2.75) is 26.0 Å². The molecule has 0 aromatic heterocycles. The van der Waals surface area contributed by atoms with Crippen molar-refractivity contribution in [2.24, 2.45) is 5.92 Å². The smallest absolute Gasteiger partial charge is 0.266 e. The van der Waals surface area contributed by atoms with Crippen molar-refractivity contribution in [1.82, 2.24) is 0 Å². The molecule has 0 radical (unpaired) electrons. The summed E-state index contributed by atoms with van der Waals surface area (Å²) in [5.41, 5.74) is 3.30. The summed E-state index contributed by atoms with van der Waals surface area (Å²) in [6.45, 7) is 3.80. The molecule has 0 aliphatic carbocycles. The van der Waals surface area contributed by atoms with E-state index in [0.717, 1.165) is 11.1 Å². The lowest BCUT2D eigenvalue weighted by molar-refractivity contribution is -0.126. The second-order valence-corrected chi connectivity index (χ2v) is 9.13. The second kappa shape index (κ2) is 8.06. The fourth-order valence-corrected chi connectivity index (χ4v) is 5.14. The topological polar surface area (TPSA) is 70.1 Å². The van der Waals surface area contributed by atoms with Crippen LogP contribution in [0.2, 0.25) is 10.0 Å². The number of amides is 2. The third kappa shape index (κ3) is 3.46. The number of carbonyl (C=O) groups excluding carboxylic acids is 2. The fraction of sp³-hybridized carbons (Fsp3) is 0.200. The van der Waals surface area contributed by atoms with Gasteiger partial charge in [-0.15, -0.1) is 0 Å². The summed E-state index contributed by atoms with van der Waals surface area (Å²) in [7, 11) is 0. The molecule has 0 saturated carbocycles. The number of anilines is 2. The van der Waals surface area contributed by atoms with Crippen molar-refractivity contribution in [3.8, 4) is 5.75 Å². The average Bonchev–Trinajstić information content (AvgIpc) is 3.28. The van der Waals surface area contributed by atoms with E-state index in [1.54, 1.807) is 24.3 Å². The first-order chi connectivity index (χ1) is 15.8. The van der Waals surface area contributed by atoms with Crippen LogP contribution >= 0.6 is 23.2 Å². The molecule has 33 heavy (non-hydrogen) atoms. The predicted octanol–water partition coefficient (Wildman–Crippen LogP) is 5.37. The van der Waals surface area contributed by atoms with Crippen LogP contribution in [0.1, 0.15) is 22.7 Å². The van der Waals surface area contributed by atoms with Crippen LogP contribution < -0.4 is 9.96 Å². The van der Waals surface area contributed by atoms with Gasteiger partial charge in [-0.3, -0.25) is 14.4 Å². The van der Waals surface area contributed by atoms with E-state index in [2.05, 4.69) is 0 Å². The van der Waals surface area contributed by atoms with Crippen molar-refractivity contribution in [1.29, 1.82) is 0 Å². The number of aromatic hydroxyl groups is 1. The summed E-state index contributed by atoms with van der Waals surface area (Å²) < 4.78 is 0. The summed E-state index contributed by atoms with van der Waals surface area (Å²) in [5, 5.41) is 12.6. The Morgan fingerprint density at radius 2 is 1.67 bits per heavy atom. The molecule has 3 aromatic rings. The van der Waals surface area contributed by atoms with Crippen LogP contribution in [0.15, 0.2) is 60.7 Å². The lowest BCUT2D eigenvalue weighted by Crippen LogP contribution is -2.37. The number of aryl methyl sites for hydroxylation is 2. The minimum Gasteiger partial charge on any atom is -0.506 e. The zero-order valence-corrected chi connectivity index (χ0v) is 19.3. The van der Waals surface area contributed by atoms with Gasteiger partial charge in [-0.25, -0.2) is 9.96 Å². The second-order valence-electron chi connectivity index (χ2n) is 8.29. The van der Waals surface area contributed by atoms with E-state index >= 15 is 0 Å². The van der Waals surface area contributed by atoms with Crippen LogP contribution in [-0.2, 0) is 14.4 Å². The Morgan fingerprint density at radius 3 is 2.36 bits per heavy atom. The van der Waals surface area contributed by atoms with Crippen molar-refractivity contribution < 1.29 is 19.5 Å². The molecule has 0 bridgehead atoms. The SMILES string of the molecule is Cc1ccc(N2C(=O)[C@@H]3[C@H](ON(c4ccccc4)[C@@H]3c3cc(Cl)cc(Cl)c3O)C2=O)c(C)c1. The minimum atomic E-state index is -1.06. The Labute approximate surface area is 200 Å². The molecular formula is C25H20Cl2N2O4. The Balaban J connectivity index is 1.65. The van der Waals surface area contributed by atoms with Gasteiger partial charge in [0.2, 0.25) is 5.91 Å². The number of nitrogens with zero attached hydrogens (tertiary/aromatic N) is 2. The molecule has 1 N–H and O–H groups in total. The van der Waals surface area contributed by atoms with Gasteiger partial charge >= 0.3 is 0 Å². The Bertz CT molecular complexity index is 1280. The van der Waals surface area contributed by atoms with Crippen molar-refractivity contribution >= 4 is 46.4 Å². The molecule has 2 heterocycles. The molecule has 0 unspecified atom stereocenters. The summed E-state index contributed by atoms with van der Waals surface area (Å²) in [4.78, 5) is 34.5. The molecule has 0 spiro atoms. The number of imide groups is 1. The first-order valence-electron chi connectivity index (χ1n) is 10.4. The molecule has 2 amide bonds. The third-order valence-electron chi connectivity index (χ3n) is 6.10. The van der Waals surface area contributed by atoms with E-state index in [-0.39, 0.29) is 10.8 Å². The molecule has 2 saturated heterocycles. The third-order valence-corrected chi connectivity index (χ3v) is 6.60. The molecular weight excluding hydrogens is 463 g/mol. The van der Waals surface area contributed by atoms with Gasteiger partial charge < -0.3 is 5.11 Å². The number of hydrogen-bond acceptors (Lipinski definition) is 5. The molecule has 6 nitrogen and oxygen atoms in total. The molecule has 168 valence electrons. The molecule has 8 heteroatoms. The lowest BCUT2D eigenvalue weighted by Gasteiger charge is -2.29. The zero-order valence-electron chi connectivity index (χ0n) is 17.8. The highest BCUT2D eigenvalue weighted by molar-refractivity contribution is 6.35. The molecule has 2 aliphatic rings. The summed E-state index contributed by atoms with van der Waals surface area (Å²) >= 11 is 12.4. The quantitative estimate of drug-likeness (QED) is 0.508. The largest absolute Gasteiger partial charge is 0.506 e. The summed E-state index contributed by atoms with van der Waals surface area (Å²) in [6, 6.07) is 16.8. The standard InChI is InChI=1S/C25H20Cl2N2O4/c1-13-8-9-19(14(2)10-13)28-24(31)20-21(17-11-15(26)12-18(27)22(17)30)29(33-23(20)25(28)32)16-6-4-3-5-7-16/h3-12,20-21,23,30H,1-2H3/t20-,21+,23-/m0/s1. The number of phenols is 1. The van der Waals surface area contributed by atoms with Gasteiger partial charge in [-0.1, -0.05) is 59.1 Å². The number of fused-ring (bicyclic) bond motifs is 1. The molecule has 3 aromatic carbocycles. The number of phenolic OH excluding ortho intramolecular Hbond substituents is 1. The van der Waals surface area contributed by atoms with Crippen LogP contribution in [0.4, 0.5) is 11.4 Å². The first kappa shape index (κ1) is 21.8.